The van der Waals surface area contributed by atoms with Crippen molar-refractivity contribution in [2.45, 2.75) is 37.3 Å². The molecule has 1 aliphatic rings. The van der Waals surface area contributed by atoms with Gasteiger partial charge in [-0.2, -0.15) is 0 Å². The third-order valence-corrected chi connectivity index (χ3v) is 4.74. The molecule has 6 heteroatoms. The van der Waals surface area contributed by atoms with Crippen molar-refractivity contribution in [2.75, 3.05) is 0 Å². The van der Waals surface area contributed by atoms with Gasteiger partial charge in [0, 0.05) is 11.6 Å². The summed E-state index contributed by atoms with van der Waals surface area (Å²) in [5.41, 5.74) is -0.0132. The molecule has 2 unspecified atom stereocenters. The molecule has 1 fully saturated rings. The summed E-state index contributed by atoms with van der Waals surface area (Å²) in [4.78, 5) is -0.00490. The predicted molar refractivity (Wildman–Crippen MR) is 64.8 cm³/mol. The molecule has 2 atom stereocenters. The van der Waals surface area contributed by atoms with E-state index in [0.29, 0.717) is 5.92 Å². The molecule has 2 N–H and O–H groups in total. The van der Waals surface area contributed by atoms with E-state index in [4.69, 9.17) is 5.11 Å². The van der Waals surface area contributed by atoms with E-state index >= 15 is 0 Å². The van der Waals surface area contributed by atoms with Crippen molar-refractivity contribution in [2.24, 2.45) is 5.92 Å². The van der Waals surface area contributed by atoms with Gasteiger partial charge in [-0.05, 0) is 30.5 Å². The fraction of sp³-hybridized carbons (Fsp3) is 0.500. The summed E-state index contributed by atoms with van der Waals surface area (Å²) in [7, 11) is -3.62. The summed E-state index contributed by atoms with van der Waals surface area (Å²) in [5.74, 6) is -0.202. The van der Waals surface area contributed by atoms with Gasteiger partial charge < -0.3 is 5.11 Å². The van der Waals surface area contributed by atoms with Crippen molar-refractivity contribution in [1.82, 2.24) is 4.72 Å². The molecule has 1 aromatic carbocycles. The molecule has 1 aliphatic carbocycles. The Morgan fingerprint density at radius 3 is 2.78 bits per heavy atom. The fourth-order valence-corrected chi connectivity index (χ4v) is 3.32. The molecule has 0 bridgehead atoms. The Balaban J connectivity index is 2.19. The van der Waals surface area contributed by atoms with Crippen LogP contribution in [0.3, 0.4) is 0 Å². The van der Waals surface area contributed by atoms with Crippen molar-refractivity contribution in [3.8, 4) is 0 Å². The number of hydrogen-bond acceptors (Lipinski definition) is 3. The summed E-state index contributed by atoms with van der Waals surface area (Å²) in [6.07, 6.45) is 1.79. The van der Waals surface area contributed by atoms with Crippen molar-refractivity contribution < 1.29 is 17.9 Å². The largest absolute Gasteiger partial charge is 0.392 e. The van der Waals surface area contributed by atoms with Gasteiger partial charge in [0.2, 0.25) is 10.0 Å². The monoisotopic (exact) mass is 273 g/mol. The maximum Gasteiger partial charge on any atom is 0.240 e. The molecule has 0 saturated heterocycles. The molecule has 0 amide bonds. The summed E-state index contributed by atoms with van der Waals surface area (Å²) in [5, 5.41) is 8.93. The highest BCUT2D eigenvalue weighted by molar-refractivity contribution is 7.89. The predicted octanol–water partition coefficient (Wildman–Crippen LogP) is 1.39. The first kappa shape index (κ1) is 13.5. The molecule has 1 aromatic rings. The maximum atomic E-state index is 13.2. The van der Waals surface area contributed by atoms with Gasteiger partial charge in [-0.3, -0.25) is 0 Å². The Hall–Kier alpha value is -0.980. The second kappa shape index (κ2) is 4.95. The molecule has 2 rings (SSSR count). The van der Waals surface area contributed by atoms with E-state index in [0.717, 1.165) is 18.9 Å². The van der Waals surface area contributed by atoms with Gasteiger partial charge in [0.05, 0.1) is 11.5 Å². The maximum absolute atomic E-state index is 13.2. The highest BCUT2D eigenvalue weighted by Crippen LogP contribution is 2.34. The third kappa shape index (κ3) is 2.71. The van der Waals surface area contributed by atoms with E-state index in [2.05, 4.69) is 4.72 Å². The molecule has 18 heavy (non-hydrogen) atoms. The average Bonchev–Trinajstić information content (AvgIpc) is 3.07. The number of aliphatic hydroxyl groups is 1. The summed E-state index contributed by atoms with van der Waals surface area (Å²) in [6, 6.07) is 3.42. The molecule has 0 heterocycles. The Kier molecular flexibility index (Phi) is 3.70. The van der Waals surface area contributed by atoms with Crippen molar-refractivity contribution >= 4 is 10.0 Å². The van der Waals surface area contributed by atoms with Crippen LogP contribution in [0.1, 0.15) is 25.3 Å². The smallest absolute Gasteiger partial charge is 0.240 e. The van der Waals surface area contributed by atoms with E-state index in [1.165, 1.54) is 12.1 Å². The number of halogens is 1. The van der Waals surface area contributed by atoms with Crippen LogP contribution in [0, 0.1) is 11.7 Å². The van der Waals surface area contributed by atoms with Gasteiger partial charge in [0.15, 0.2) is 0 Å². The molecule has 100 valence electrons. The standard InChI is InChI=1S/C12H16FNO3S/c1-2-8-6-12(8)14-18(16,17)10-3-4-11(13)9(5-10)7-15/h3-5,8,12,14-15H,2,6-7H2,1H3. The summed E-state index contributed by atoms with van der Waals surface area (Å²) in [6.45, 7) is 1.50. The number of nitrogens with one attached hydrogen (secondary N) is 1. The second-order valence-corrected chi connectivity index (χ2v) is 6.26. The number of benzene rings is 1. The topological polar surface area (TPSA) is 66.4 Å². The van der Waals surface area contributed by atoms with E-state index in [1.54, 1.807) is 0 Å². The highest BCUT2D eigenvalue weighted by Gasteiger charge is 2.38. The minimum Gasteiger partial charge on any atom is -0.392 e. The van der Waals surface area contributed by atoms with Gasteiger partial charge in [-0.25, -0.2) is 17.5 Å². The minimum atomic E-state index is -3.62. The van der Waals surface area contributed by atoms with Crippen LogP contribution in [-0.4, -0.2) is 19.6 Å². The van der Waals surface area contributed by atoms with Crippen LogP contribution in [0.15, 0.2) is 23.1 Å². The zero-order valence-electron chi connectivity index (χ0n) is 10.1. The van der Waals surface area contributed by atoms with Crippen LogP contribution in [-0.2, 0) is 16.6 Å². The third-order valence-electron chi connectivity index (χ3n) is 3.25. The fourth-order valence-electron chi connectivity index (χ4n) is 1.95. The second-order valence-electron chi connectivity index (χ2n) is 4.54. The van der Waals surface area contributed by atoms with Gasteiger partial charge in [-0.1, -0.05) is 13.3 Å². The number of rotatable bonds is 5. The van der Waals surface area contributed by atoms with Crippen LogP contribution in [0.5, 0.6) is 0 Å². The van der Waals surface area contributed by atoms with Crippen LogP contribution in [0.25, 0.3) is 0 Å². The van der Waals surface area contributed by atoms with Crippen LogP contribution in [0.2, 0.25) is 0 Å². The van der Waals surface area contributed by atoms with Gasteiger partial charge in [0.1, 0.15) is 5.82 Å². The van der Waals surface area contributed by atoms with Crippen LogP contribution in [0.4, 0.5) is 4.39 Å². The number of hydrogen-bond donors (Lipinski definition) is 2. The van der Waals surface area contributed by atoms with Crippen molar-refractivity contribution in [1.29, 1.82) is 0 Å². The van der Waals surface area contributed by atoms with Crippen molar-refractivity contribution in [3.63, 3.8) is 0 Å². The van der Waals surface area contributed by atoms with Crippen molar-refractivity contribution in [3.05, 3.63) is 29.6 Å². The Bertz CT molecular complexity index is 544. The van der Waals surface area contributed by atoms with Crippen LogP contribution < -0.4 is 4.72 Å². The summed E-state index contributed by atoms with van der Waals surface area (Å²) < 4.78 is 39.8. The highest BCUT2D eigenvalue weighted by atomic mass is 32.2. The summed E-state index contributed by atoms with van der Waals surface area (Å²) >= 11 is 0. The lowest BCUT2D eigenvalue weighted by atomic mass is 10.2. The van der Waals surface area contributed by atoms with E-state index in [-0.39, 0.29) is 16.5 Å². The Morgan fingerprint density at radius 2 is 2.22 bits per heavy atom. The number of sulfonamides is 1. The van der Waals surface area contributed by atoms with E-state index in [9.17, 15) is 12.8 Å². The van der Waals surface area contributed by atoms with E-state index in [1.807, 2.05) is 6.92 Å². The minimum absolute atomic E-state index is 0.00490. The SMILES string of the molecule is CCC1CC1NS(=O)(=O)c1ccc(F)c(CO)c1. The molecule has 0 aliphatic heterocycles. The quantitative estimate of drug-likeness (QED) is 0.852. The zero-order chi connectivity index (χ0) is 13.3. The molecule has 4 nitrogen and oxygen atoms in total. The Labute approximate surface area is 106 Å². The van der Waals surface area contributed by atoms with Gasteiger partial charge in [-0.15, -0.1) is 0 Å². The number of aliphatic hydroxyl groups excluding tert-OH is 1. The molecule has 0 radical (unpaired) electrons. The lowest BCUT2D eigenvalue weighted by molar-refractivity contribution is 0.275. The zero-order valence-corrected chi connectivity index (χ0v) is 10.9. The first-order valence-corrected chi connectivity index (χ1v) is 7.38. The average molecular weight is 273 g/mol. The van der Waals surface area contributed by atoms with E-state index < -0.39 is 22.4 Å². The van der Waals surface area contributed by atoms with Gasteiger partial charge >= 0.3 is 0 Å². The lowest BCUT2D eigenvalue weighted by Gasteiger charge is -2.08. The molecule has 0 aromatic heterocycles. The molecular formula is C12H16FNO3S. The molecular weight excluding hydrogens is 257 g/mol. The lowest BCUT2D eigenvalue weighted by Crippen LogP contribution is -2.27. The Morgan fingerprint density at radius 1 is 1.50 bits per heavy atom. The molecule has 0 spiro atoms. The normalized spacial score (nSPS) is 23.1. The van der Waals surface area contributed by atoms with Gasteiger partial charge in [0.25, 0.3) is 0 Å². The first-order valence-electron chi connectivity index (χ1n) is 5.89. The molecule has 1 saturated carbocycles. The first-order chi connectivity index (χ1) is 8.47. The van der Waals surface area contributed by atoms with Crippen LogP contribution >= 0.6 is 0 Å².